The molecule has 0 saturated heterocycles. The van der Waals surface area contributed by atoms with E-state index >= 15 is 0 Å². The van der Waals surface area contributed by atoms with Gasteiger partial charge in [0.25, 0.3) is 0 Å². The van der Waals surface area contributed by atoms with Crippen molar-refractivity contribution in [2.24, 2.45) is 0 Å². The predicted molar refractivity (Wildman–Crippen MR) is 102 cm³/mol. The number of nitrogens with one attached hydrogen (secondary N) is 1. The molecule has 0 aromatic heterocycles. The van der Waals surface area contributed by atoms with Crippen LogP contribution in [0.15, 0.2) is 77.0 Å². The number of hydrogen-bond donors (Lipinski definition) is 1. The van der Waals surface area contributed by atoms with E-state index in [9.17, 15) is 4.79 Å². The summed E-state index contributed by atoms with van der Waals surface area (Å²) in [6.07, 6.45) is 2.53. The molecule has 0 spiro atoms. The fourth-order valence-corrected chi connectivity index (χ4v) is 2.93. The Hall–Kier alpha value is -2.04. The van der Waals surface area contributed by atoms with Gasteiger partial charge >= 0.3 is 0 Å². The van der Waals surface area contributed by atoms with Crippen LogP contribution in [0, 0.1) is 0 Å². The van der Waals surface area contributed by atoms with E-state index in [1.165, 1.54) is 5.56 Å². The topological polar surface area (TPSA) is 32.3 Å². The maximum Gasteiger partial charge on any atom is 0.244 e. The highest BCUT2D eigenvalue weighted by Crippen LogP contribution is 2.17. The number of amides is 1. The van der Waals surface area contributed by atoms with Crippen molar-refractivity contribution in [3.8, 4) is 0 Å². The molecule has 0 atom stereocenters. The number of carbonyl (C=O) groups excluding carboxylic acids is 1. The van der Waals surface area contributed by atoms with Gasteiger partial charge in [-0.3, -0.25) is 4.79 Å². The lowest BCUT2D eigenvalue weighted by molar-refractivity contribution is -0.116. The van der Waals surface area contributed by atoms with Crippen molar-refractivity contribution in [3.05, 3.63) is 77.7 Å². The molecule has 0 radical (unpaired) electrons. The molecule has 2 rings (SSSR count). The molecular weight excluding hydrogens is 316 g/mol. The van der Waals surface area contributed by atoms with E-state index in [4.69, 9.17) is 0 Å². The van der Waals surface area contributed by atoms with Crippen LogP contribution >= 0.6 is 11.8 Å². The second kappa shape index (κ2) is 10.7. The van der Waals surface area contributed by atoms with Gasteiger partial charge in [0, 0.05) is 24.1 Å². The summed E-state index contributed by atoms with van der Waals surface area (Å²) >= 11 is 1.54. The van der Waals surface area contributed by atoms with E-state index in [-0.39, 0.29) is 5.91 Å². The van der Waals surface area contributed by atoms with Crippen LogP contribution in [0.2, 0.25) is 0 Å². The Balaban J connectivity index is 1.57. The molecule has 24 heavy (non-hydrogen) atoms. The zero-order valence-electron chi connectivity index (χ0n) is 14.0. The zero-order valence-corrected chi connectivity index (χ0v) is 14.8. The van der Waals surface area contributed by atoms with Gasteiger partial charge in [0.05, 0.1) is 0 Å². The minimum absolute atomic E-state index is 0.0378. The van der Waals surface area contributed by atoms with Gasteiger partial charge in [-0.25, -0.2) is 0 Å². The van der Waals surface area contributed by atoms with Crippen LogP contribution in [0.4, 0.5) is 0 Å². The highest BCUT2D eigenvalue weighted by Gasteiger charge is 2.00. The Kier molecular flexibility index (Phi) is 8.15. The molecule has 2 aromatic rings. The third-order valence-corrected chi connectivity index (χ3v) is 4.29. The molecule has 0 saturated carbocycles. The molecule has 0 aliphatic heterocycles. The van der Waals surface area contributed by atoms with Crippen LogP contribution in [-0.2, 0) is 11.3 Å². The standard InChI is InChI=1S/C20H24N2OS/c1-22(17-18-9-4-2-5-10-18)15-8-14-21-20(23)13-16-24-19-11-6-3-7-12-19/h2-7,9-13,16H,8,14-15,17H2,1H3,(H,21,23)/b16-13+. The predicted octanol–water partition coefficient (Wildman–Crippen LogP) is 3.93. The van der Waals surface area contributed by atoms with E-state index in [2.05, 4.69) is 41.5 Å². The lowest BCUT2D eigenvalue weighted by atomic mass is 10.2. The van der Waals surface area contributed by atoms with Crippen molar-refractivity contribution in [1.29, 1.82) is 0 Å². The minimum atomic E-state index is -0.0378. The Morgan fingerprint density at radius 1 is 1.08 bits per heavy atom. The molecule has 1 amide bonds. The van der Waals surface area contributed by atoms with Crippen LogP contribution in [-0.4, -0.2) is 30.9 Å². The monoisotopic (exact) mass is 340 g/mol. The van der Waals surface area contributed by atoms with Gasteiger partial charge in [0.2, 0.25) is 5.91 Å². The largest absolute Gasteiger partial charge is 0.352 e. The number of rotatable bonds is 9. The molecule has 0 aliphatic rings. The van der Waals surface area contributed by atoms with Crippen molar-refractivity contribution < 1.29 is 4.79 Å². The molecule has 126 valence electrons. The third-order valence-electron chi connectivity index (χ3n) is 3.48. The van der Waals surface area contributed by atoms with Crippen LogP contribution in [0.1, 0.15) is 12.0 Å². The third kappa shape index (κ3) is 7.49. The second-order valence-corrected chi connectivity index (χ2v) is 6.58. The number of thioether (sulfide) groups is 1. The second-order valence-electron chi connectivity index (χ2n) is 5.60. The van der Waals surface area contributed by atoms with E-state index in [0.29, 0.717) is 6.54 Å². The first kappa shape index (κ1) is 18.3. The lowest BCUT2D eigenvalue weighted by Crippen LogP contribution is -2.26. The van der Waals surface area contributed by atoms with Crippen molar-refractivity contribution >= 4 is 17.7 Å². The van der Waals surface area contributed by atoms with Gasteiger partial charge in [-0.1, -0.05) is 60.3 Å². The maximum atomic E-state index is 11.7. The molecular formula is C20H24N2OS. The summed E-state index contributed by atoms with van der Waals surface area (Å²) in [5.74, 6) is -0.0378. The van der Waals surface area contributed by atoms with Gasteiger partial charge in [-0.2, -0.15) is 0 Å². The quantitative estimate of drug-likeness (QED) is 0.426. The highest BCUT2D eigenvalue weighted by atomic mass is 32.2. The molecule has 0 bridgehead atoms. The molecule has 0 aliphatic carbocycles. The highest BCUT2D eigenvalue weighted by molar-refractivity contribution is 8.02. The fraction of sp³-hybridized carbons (Fsp3) is 0.250. The van der Waals surface area contributed by atoms with Crippen LogP contribution in [0.25, 0.3) is 0 Å². The van der Waals surface area contributed by atoms with Crippen molar-refractivity contribution in [3.63, 3.8) is 0 Å². The first-order valence-corrected chi connectivity index (χ1v) is 9.00. The molecule has 2 aromatic carbocycles. The summed E-state index contributed by atoms with van der Waals surface area (Å²) in [6, 6.07) is 20.4. The number of carbonyl (C=O) groups is 1. The Labute approximate surface area is 148 Å². The first-order chi connectivity index (χ1) is 11.7. The van der Waals surface area contributed by atoms with E-state index < -0.39 is 0 Å². The van der Waals surface area contributed by atoms with E-state index in [0.717, 1.165) is 24.4 Å². The molecule has 0 heterocycles. The summed E-state index contributed by atoms with van der Waals surface area (Å²) in [7, 11) is 2.10. The lowest BCUT2D eigenvalue weighted by Gasteiger charge is -2.16. The summed E-state index contributed by atoms with van der Waals surface area (Å²) in [5.41, 5.74) is 1.31. The normalized spacial score (nSPS) is 11.1. The van der Waals surface area contributed by atoms with Crippen molar-refractivity contribution in [1.82, 2.24) is 10.2 Å². The van der Waals surface area contributed by atoms with Crippen molar-refractivity contribution in [2.75, 3.05) is 20.1 Å². The summed E-state index contributed by atoms with van der Waals surface area (Å²) in [5, 5.41) is 4.75. The molecule has 4 heteroatoms. The van der Waals surface area contributed by atoms with Gasteiger partial charge in [-0.15, -0.1) is 0 Å². The van der Waals surface area contributed by atoms with Crippen LogP contribution < -0.4 is 5.32 Å². The summed E-state index contributed by atoms with van der Waals surface area (Å²) in [4.78, 5) is 15.1. The van der Waals surface area contributed by atoms with Crippen LogP contribution in [0.5, 0.6) is 0 Å². The zero-order chi connectivity index (χ0) is 17.0. The Morgan fingerprint density at radius 3 is 2.46 bits per heavy atom. The summed E-state index contributed by atoms with van der Waals surface area (Å²) in [6.45, 7) is 2.58. The Bertz CT molecular complexity index is 629. The molecule has 3 nitrogen and oxygen atoms in total. The molecule has 0 unspecified atom stereocenters. The summed E-state index contributed by atoms with van der Waals surface area (Å²) < 4.78 is 0. The minimum Gasteiger partial charge on any atom is -0.352 e. The maximum absolute atomic E-state index is 11.7. The first-order valence-electron chi connectivity index (χ1n) is 8.12. The number of hydrogen-bond acceptors (Lipinski definition) is 3. The van der Waals surface area contributed by atoms with Gasteiger partial charge in [0.1, 0.15) is 0 Å². The average Bonchev–Trinajstić information content (AvgIpc) is 2.60. The average molecular weight is 340 g/mol. The molecule has 0 fully saturated rings. The van der Waals surface area contributed by atoms with E-state index in [1.807, 2.05) is 41.8 Å². The van der Waals surface area contributed by atoms with Gasteiger partial charge < -0.3 is 10.2 Å². The number of benzene rings is 2. The SMILES string of the molecule is CN(CCCNC(=O)/C=C/Sc1ccccc1)Cc1ccccc1. The van der Waals surface area contributed by atoms with Crippen LogP contribution in [0.3, 0.4) is 0 Å². The molecule has 1 N–H and O–H groups in total. The Morgan fingerprint density at radius 2 is 1.75 bits per heavy atom. The number of nitrogens with zero attached hydrogens (tertiary/aromatic N) is 1. The van der Waals surface area contributed by atoms with Gasteiger partial charge in [0.15, 0.2) is 0 Å². The van der Waals surface area contributed by atoms with Crippen molar-refractivity contribution in [2.45, 2.75) is 17.9 Å². The van der Waals surface area contributed by atoms with E-state index in [1.54, 1.807) is 17.8 Å². The fourth-order valence-electron chi connectivity index (χ4n) is 2.27. The smallest absolute Gasteiger partial charge is 0.244 e. The van der Waals surface area contributed by atoms with Gasteiger partial charge in [-0.05, 0) is 43.1 Å².